The molecule has 96 valence electrons. The molecule has 1 rings (SSSR count). The lowest BCUT2D eigenvalue weighted by Crippen LogP contribution is -2.15. The lowest BCUT2D eigenvalue weighted by atomic mass is 10.1. The summed E-state index contributed by atoms with van der Waals surface area (Å²) in [5.41, 5.74) is 1.13. The van der Waals surface area contributed by atoms with E-state index in [1.807, 2.05) is 6.92 Å². The second kappa shape index (κ2) is 5.85. The second-order valence-corrected chi connectivity index (χ2v) is 5.80. The summed E-state index contributed by atoms with van der Waals surface area (Å²) >= 11 is 1.45. The number of thioether (sulfide) groups is 1. The summed E-state index contributed by atoms with van der Waals surface area (Å²) in [6.07, 6.45) is -1.17. The van der Waals surface area contributed by atoms with Crippen LogP contribution in [0.1, 0.15) is 38.0 Å². The second-order valence-electron chi connectivity index (χ2n) is 4.38. The van der Waals surface area contributed by atoms with E-state index in [2.05, 4.69) is 0 Å². The van der Waals surface area contributed by atoms with Gasteiger partial charge in [-0.25, -0.2) is 4.39 Å². The molecule has 0 radical (unpaired) electrons. The van der Waals surface area contributed by atoms with E-state index < -0.39 is 12.2 Å². The van der Waals surface area contributed by atoms with Crippen molar-refractivity contribution in [3.05, 3.63) is 29.1 Å². The third-order valence-corrected chi connectivity index (χ3v) is 4.11. The minimum Gasteiger partial charge on any atom is -0.392 e. The van der Waals surface area contributed by atoms with Crippen molar-refractivity contribution < 1.29 is 14.6 Å². The van der Waals surface area contributed by atoms with E-state index >= 15 is 0 Å². The summed E-state index contributed by atoms with van der Waals surface area (Å²) in [4.78, 5) is 0.826. The highest BCUT2D eigenvalue weighted by Gasteiger charge is 2.17. The van der Waals surface area contributed by atoms with Gasteiger partial charge < -0.3 is 10.2 Å². The number of rotatable bonds is 4. The molecule has 0 heterocycles. The average molecular weight is 258 g/mol. The number of aliphatic hydroxyl groups is 2. The molecule has 2 unspecified atom stereocenters. The fraction of sp³-hybridized carbons (Fsp3) is 0.538. The largest absolute Gasteiger partial charge is 0.392 e. The standard InChI is InChI=1S/C13H19FO2S/c1-7-5-13(17-10(4)8(2)15)11(9(3)16)6-12(7)14/h5-6,8-10,15-16H,1-4H3/t8?,9-,10?/m1/s1. The molecule has 2 N–H and O–H groups in total. The Hall–Kier alpha value is -0.580. The van der Waals surface area contributed by atoms with Crippen molar-refractivity contribution >= 4 is 11.8 Å². The Kier molecular flexibility index (Phi) is 4.98. The predicted molar refractivity (Wildman–Crippen MR) is 68.8 cm³/mol. The topological polar surface area (TPSA) is 40.5 Å². The SMILES string of the molecule is Cc1cc(SC(C)C(C)O)c([C@@H](C)O)cc1F. The zero-order valence-electron chi connectivity index (χ0n) is 10.6. The van der Waals surface area contributed by atoms with Crippen molar-refractivity contribution in [1.29, 1.82) is 0 Å². The van der Waals surface area contributed by atoms with E-state index in [0.29, 0.717) is 11.1 Å². The first-order valence-corrected chi connectivity index (χ1v) is 6.53. The van der Waals surface area contributed by atoms with Gasteiger partial charge in [-0.3, -0.25) is 0 Å². The summed E-state index contributed by atoms with van der Waals surface area (Å²) in [5, 5.41) is 19.1. The Morgan fingerprint density at radius 2 is 1.76 bits per heavy atom. The quantitative estimate of drug-likeness (QED) is 0.815. The highest BCUT2D eigenvalue weighted by Crippen LogP contribution is 2.33. The number of aliphatic hydroxyl groups excluding tert-OH is 2. The third-order valence-electron chi connectivity index (χ3n) is 2.73. The van der Waals surface area contributed by atoms with Crippen LogP contribution in [-0.2, 0) is 0 Å². The van der Waals surface area contributed by atoms with Gasteiger partial charge in [0.15, 0.2) is 0 Å². The van der Waals surface area contributed by atoms with Gasteiger partial charge in [-0.15, -0.1) is 11.8 Å². The molecule has 3 atom stereocenters. The molecule has 0 fully saturated rings. The highest BCUT2D eigenvalue weighted by atomic mass is 32.2. The van der Waals surface area contributed by atoms with Crippen LogP contribution in [0.25, 0.3) is 0 Å². The molecule has 4 heteroatoms. The summed E-state index contributed by atoms with van der Waals surface area (Å²) < 4.78 is 13.4. The molecule has 1 aromatic rings. The van der Waals surface area contributed by atoms with Crippen molar-refractivity contribution in [1.82, 2.24) is 0 Å². The van der Waals surface area contributed by atoms with Crippen LogP contribution < -0.4 is 0 Å². The van der Waals surface area contributed by atoms with Gasteiger partial charge in [0.25, 0.3) is 0 Å². The first kappa shape index (κ1) is 14.5. The monoisotopic (exact) mass is 258 g/mol. The minimum absolute atomic E-state index is 0.00244. The first-order chi connectivity index (χ1) is 7.82. The van der Waals surface area contributed by atoms with Crippen LogP contribution in [-0.4, -0.2) is 21.6 Å². The Bertz CT molecular complexity index is 391. The Balaban J connectivity index is 3.08. The zero-order valence-corrected chi connectivity index (χ0v) is 11.4. The number of halogens is 1. The molecule has 0 amide bonds. The maximum absolute atomic E-state index is 13.4. The van der Waals surface area contributed by atoms with E-state index in [9.17, 15) is 14.6 Å². The van der Waals surface area contributed by atoms with Crippen LogP contribution >= 0.6 is 11.8 Å². The molecule has 17 heavy (non-hydrogen) atoms. The average Bonchev–Trinajstić information content (AvgIpc) is 2.22. The van der Waals surface area contributed by atoms with Gasteiger partial charge in [0.2, 0.25) is 0 Å². The van der Waals surface area contributed by atoms with Gasteiger partial charge in [0, 0.05) is 10.1 Å². The smallest absolute Gasteiger partial charge is 0.126 e. The van der Waals surface area contributed by atoms with Gasteiger partial charge in [-0.05, 0) is 44.0 Å². The number of aryl methyl sites for hydroxylation is 1. The van der Waals surface area contributed by atoms with E-state index in [1.54, 1.807) is 26.8 Å². The zero-order chi connectivity index (χ0) is 13.2. The molecule has 0 aliphatic carbocycles. The number of hydrogen-bond donors (Lipinski definition) is 2. The van der Waals surface area contributed by atoms with Gasteiger partial charge in [0.1, 0.15) is 5.82 Å². The Morgan fingerprint density at radius 3 is 2.24 bits per heavy atom. The summed E-state index contributed by atoms with van der Waals surface area (Å²) in [6.45, 7) is 6.93. The van der Waals surface area contributed by atoms with E-state index in [-0.39, 0.29) is 11.1 Å². The van der Waals surface area contributed by atoms with Crippen LogP contribution in [0.15, 0.2) is 17.0 Å². The Morgan fingerprint density at radius 1 is 1.18 bits per heavy atom. The van der Waals surface area contributed by atoms with Crippen molar-refractivity contribution in [2.75, 3.05) is 0 Å². The lowest BCUT2D eigenvalue weighted by molar-refractivity contribution is 0.193. The van der Waals surface area contributed by atoms with Crippen molar-refractivity contribution in [3.8, 4) is 0 Å². The van der Waals surface area contributed by atoms with Crippen molar-refractivity contribution in [2.45, 2.75) is 50.0 Å². The van der Waals surface area contributed by atoms with Crippen molar-refractivity contribution in [2.24, 2.45) is 0 Å². The van der Waals surface area contributed by atoms with Crippen LogP contribution in [0.4, 0.5) is 4.39 Å². The maximum atomic E-state index is 13.4. The van der Waals surface area contributed by atoms with Crippen LogP contribution in [0, 0.1) is 12.7 Å². The van der Waals surface area contributed by atoms with Gasteiger partial charge >= 0.3 is 0 Å². The van der Waals surface area contributed by atoms with Crippen molar-refractivity contribution in [3.63, 3.8) is 0 Å². The highest BCUT2D eigenvalue weighted by molar-refractivity contribution is 8.00. The lowest BCUT2D eigenvalue weighted by Gasteiger charge is -2.18. The fourth-order valence-electron chi connectivity index (χ4n) is 1.40. The molecular formula is C13H19FO2S. The van der Waals surface area contributed by atoms with Crippen LogP contribution in [0.5, 0.6) is 0 Å². The molecule has 1 aromatic carbocycles. The third kappa shape index (κ3) is 3.69. The molecular weight excluding hydrogens is 239 g/mol. The van der Waals surface area contributed by atoms with Gasteiger partial charge in [-0.2, -0.15) is 0 Å². The minimum atomic E-state index is -0.714. The molecule has 0 aromatic heterocycles. The van der Waals surface area contributed by atoms with Gasteiger partial charge in [0.05, 0.1) is 12.2 Å². The molecule has 0 saturated heterocycles. The molecule has 0 aliphatic rings. The molecule has 0 spiro atoms. The van der Waals surface area contributed by atoms with E-state index in [1.165, 1.54) is 17.8 Å². The number of hydrogen-bond acceptors (Lipinski definition) is 3. The summed E-state index contributed by atoms with van der Waals surface area (Å²) in [6, 6.07) is 3.10. The molecule has 2 nitrogen and oxygen atoms in total. The van der Waals surface area contributed by atoms with E-state index in [4.69, 9.17) is 0 Å². The van der Waals surface area contributed by atoms with Crippen LogP contribution in [0.3, 0.4) is 0 Å². The normalized spacial score (nSPS) is 16.6. The number of benzene rings is 1. The van der Waals surface area contributed by atoms with E-state index in [0.717, 1.165) is 4.90 Å². The summed E-state index contributed by atoms with van der Waals surface area (Å²) in [5.74, 6) is -0.310. The fourth-order valence-corrected chi connectivity index (χ4v) is 2.61. The maximum Gasteiger partial charge on any atom is 0.126 e. The molecule has 0 bridgehead atoms. The molecule has 0 saturated carbocycles. The van der Waals surface area contributed by atoms with Gasteiger partial charge in [-0.1, -0.05) is 6.92 Å². The predicted octanol–water partition coefficient (Wildman–Crippen LogP) is 3.05. The molecule has 0 aliphatic heterocycles. The van der Waals surface area contributed by atoms with Crippen LogP contribution in [0.2, 0.25) is 0 Å². The Labute approximate surface area is 106 Å². The summed E-state index contributed by atoms with van der Waals surface area (Å²) in [7, 11) is 0. The first-order valence-electron chi connectivity index (χ1n) is 5.65.